The molecule has 114 valence electrons. The molecule has 0 saturated heterocycles. The molecule has 2 aromatic rings. The highest BCUT2D eigenvalue weighted by molar-refractivity contribution is 5.82. The summed E-state index contributed by atoms with van der Waals surface area (Å²) in [6.07, 6.45) is 2.69. The molecule has 22 heavy (non-hydrogen) atoms. The number of halogens is 1. The van der Waals surface area contributed by atoms with Crippen LogP contribution >= 0.6 is 0 Å². The van der Waals surface area contributed by atoms with E-state index < -0.39 is 0 Å². The van der Waals surface area contributed by atoms with Crippen LogP contribution in [0.15, 0.2) is 35.3 Å². The van der Waals surface area contributed by atoms with Crippen LogP contribution in [0.3, 0.4) is 0 Å². The van der Waals surface area contributed by atoms with Crippen molar-refractivity contribution in [2.45, 2.75) is 32.6 Å². The lowest BCUT2D eigenvalue weighted by atomic mass is 9.86. The largest absolute Gasteiger partial charge is 0.439 e. The van der Waals surface area contributed by atoms with Crippen molar-refractivity contribution in [3.8, 4) is 11.6 Å². The summed E-state index contributed by atoms with van der Waals surface area (Å²) in [5.41, 5.74) is 2.97. The average molecular weight is 298 g/mol. The van der Waals surface area contributed by atoms with Crippen LogP contribution in [-0.4, -0.2) is 17.7 Å². The molecular formula is C18H19FN2O. The van der Waals surface area contributed by atoms with Gasteiger partial charge >= 0.3 is 0 Å². The summed E-state index contributed by atoms with van der Waals surface area (Å²) >= 11 is 0. The van der Waals surface area contributed by atoms with Gasteiger partial charge in [0, 0.05) is 30.3 Å². The molecule has 0 spiro atoms. The number of pyridine rings is 1. The zero-order valence-electron chi connectivity index (χ0n) is 13.1. The molecule has 0 fully saturated rings. The van der Waals surface area contributed by atoms with E-state index in [-0.39, 0.29) is 11.2 Å². The fraction of sp³-hybridized carbons (Fsp3) is 0.333. The Morgan fingerprint density at radius 3 is 2.55 bits per heavy atom. The van der Waals surface area contributed by atoms with Crippen LogP contribution in [0, 0.1) is 5.82 Å². The molecule has 0 N–H and O–H groups in total. The van der Waals surface area contributed by atoms with Gasteiger partial charge in [-0.05, 0) is 35.7 Å². The van der Waals surface area contributed by atoms with Crippen LogP contribution in [0.2, 0.25) is 0 Å². The minimum absolute atomic E-state index is 0.108. The molecule has 1 aromatic heterocycles. The molecule has 0 saturated carbocycles. The van der Waals surface area contributed by atoms with Crippen LogP contribution in [0.5, 0.6) is 11.6 Å². The topological polar surface area (TPSA) is 34.5 Å². The first kappa shape index (κ1) is 14.7. The first-order chi connectivity index (χ1) is 10.4. The minimum atomic E-state index is -0.280. The zero-order chi connectivity index (χ0) is 15.7. The van der Waals surface area contributed by atoms with Gasteiger partial charge in [-0.2, -0.15) is 0 Å². The number of ether oxygens (including phenoxy) is 1. The van der Waals surface area contributed by atoms with E-state index in [9.17, 15) is 4.39 Å². The highest BCUT2D eigenvalue weighted by Crippen LogP contribution is 2.34. The third-order valence-corrected chi connectivity index (χ3v) is 3.64. The number of aromatic nitrogens is 1. The lowest BCUT2D eigenvalue weighted by molar-refractivity contribution is 0.433. The van der Waals surface area contributed by atoms with Crippen molar-refractivity contribution in [2.75, 3.05) is 6.54 Å². The number of rotatable bonds is 2. The molecule has 3 nitrogen and oxygen atoms in total. The van der Waals surface area contributed by atoms with Gasteiger partial charge in [-0.1, -0.05) is 20.8 Å². The molecule has 1 aliphatic rings. The Labute approximate surface area is 129 Å². The summed E-state index contributed by atoms with van der Waals surface area (Å²) in [6.45, 7) is 7.11. The first-order valence-electron chi connectivity index (χ1n) is 7.41. The second kappa shape index (κ2) is 5.52. The Balaban J connectivity index is 2.04. The van der Waals surface area contributed by atoms with Gasteiger partial charge < -0.3 is 4.74 Å². The first-order valence-corrected chi connectivity index (χ1v) is 7.41. The van der Waals surface area contributed by atoms with Crippen LogP contribution in [0.4, 0.5) is 4.39 Å². The molecule has 1 aliphatic heterocycles. The van der Waals surface area contributed by atoms with E-state index in [0.29, 0.717) is 11.6 Å². The maximum atomic E-state index is 13.0. The molecule has 0 atom stereocenters. The molecule has 0 bridgehead atoms. The SMILES string of the molecule is CC(C)(C)c1cc2c(nc1Oc1ccc(F)cc1)CCN=C2. The summed E-state index contributed by atoms with van der Waals surface area (Å²) in [5.74, 6) is 0.898. The van der Waals surface area contributed by atoms with Gasteiger partial charge in [0.05, 0.1) is 5.69 Å². The second-order valence-electron chi connectivity index (χ2n) is 6.47. The predicted molar refractivity (Wildman–Crippen MR) is 85.6 cm³/mol. The van der Waals surface area contributed by atoms with Crippen LogP contribution < -0.4 is 4.74 Å². The van der Waals surface area contributed by atoms with E-state index in [1.54, 1.807) is 12.1 Å². The van der Waals surface area contributed by atoms with Crippen LogP contribution in [-0.2, 0) is 11.8 Å². The van der Waals surface area contributed by atoms with Gasteiger partial charge in [-0.3, -0.25) is 4.99 Å². The van der Waals surface area contributed by atoms with Crippen LogP contribution in [0.1, 0.15) is 37.6 Å². The van der Waals surface area contributed by atoms with Crippen molar-refractivity contribution in [2.24, 2.45) is 4.99 Å². The van der Waals surface area contributed by atoms with Crippen molar-refractivity contribution in [3.05, 3.63) is 53.0 Å². The Kier molecular flexibility index (Phi) is 3.69. The van der Waals surface area contributed by atoms with E-state index in [2.05, 4.69) is 31.8 Å². The predicted octanol–water partition coefficient (Wildman–Crippen LogP) is 4.29. The van der Waals surface area contributed by atoms with E-state index in [1.807, 2.05) is 6.21 Å². The highest BCUT2D eigenvalue weighted by Gasteiger charge is 2.23. The van der Waals surface area contributed by atoms with Crippen molar-refractivity contribution in [1.82, 2.24) is 4.98 Å². The maximum absolute atomic E-state index is 13.0. The Hall–Kier alpha value is -2.23. The van der Waals surface area contributed by atoms with E-state index in [1.165, 1.54) is 12.1 Å². The number of hydrogen-bond acceptors (Lipinski definition) is 3. The maximum Gasteiger partial charge on any atom is 0.223 e. The zero-order valence-corrected chi connectivity index (χ0v) is 13.1. The number of fused-ring (bicyclic) bond motifs is 1. The fourth-order valence-electron chi connectivity index (χ4n) is 2.42. The fourth-order valence-corrected chi connectivity index (χ4v) is 2.42. The van der Waals surface area contributed by atoms with E-state index in [4.69, 9.17) is 9.72 Å². The summed E-state index contributed by atoms with van der Waals surface area (Å²) in [6, 6.07) is 8.10. The van der Waals surface area contributed by atoms with Crippen molar-refractivity contribution >= 4 is 6.21 Å². The number of hydrogen-bond donors (Lipinski definition) is 0. The van der Waals surface area contributed by atoms with Crippen molar-refractivity contribution in [3.63, 3.8) is 0 Å². The third-order valence-electron chi connectivity index (χ3n) is 3.64. The van der Waals surface area contributed by atoms with Gasteiger partial charge in [0.15, 0.2) is 0 Å². The van der Waals surface area contributed by atoms with Gasteiger partial charge in [-0.15, -0.1) is 0 Å². The lowest BCUT2D eigenvalue weighted by Crippen LogP contribution is -2.17. The van der Waals surface area contributed by atoms with Gasteiger partial charge in [0.2, 0.25) is 5.88 Å². The second-order valence-corrected chi connectivity index (χ2v) is 6.47. The Bertz CT molecular complexity index is 715. The normalized spacial score (nSPS) is 13.8. The molecule has 0 aliphatic carbocycles. The smallest absolute Gasteiger partial charge is 0.223 e. The van der Waals surface area contributed by atoms with Crippen LogP contribution in [0.25, 0.3) is 0 Å². The minimum Gasteiger partial charge on any atom is -0.439 e. The monoisotopic (exact) mass is 298 g/mol. The molecule has 0 unspecified atom stereocenters. The van der Waals surface area contributed by atoms with E-state index >= 15 is 0 Å². The highest BCUT2D eigenvalue weighted by atomic mass is 19.1. The molecule has 0 amide bonds. The average Bonchev–Trinajstić information content (AvgIpc) is 2.48. The van der Waals surface area contributed by atoms with Crippen molar-refractivity contribution < 1.29 is 9.13 Å². The van der Waals surface area contributed by atoms with Crippen molar-refractivity contribution in [1.29, 1.82) is 0 Å². The number of benzene rings is 1. The third kappa shape index (κ3) is 3.01. The lowest BCUT2D eigenvalue weighted by Gasteiger charge is -2.24. The molecule has 1 aromatic carbocycles. The summed E-state index contributed by atoms with van der Waals surface area (Å²) in [7, 11) is 0. The standard InChI is InChI=1S/C18H19FN2O/c1-18(2,3)15-10-12-11-20-9-8-16(12)21-17(15)22-14-6-4-13(19)5-7-14/h4-7,10-11H,8-9H2,1-3H3. The summed E-state index contributed by atoms with van der Waals surface area (Å²) < 4.78 is 19.0. The number of nitrogens with zero attached hydrogens (tertiary/aromatic N) is 2. The summed E-state index contributed by atoms with van der Waals surface area (Å²) in [5, 5.41) is 0. The quantitative estimate of drug-likeness (QED) is 0.829. The van der Waals surface area contributed by atoms with Gasteiger partial charge in [0.1, 0.15) is 11.6 Å². The molecule has 2 heterocycles. The molecule has 0 radical (unpaired) electrons. The molecule has 3 rings (SSSR count). The number of aliphatic imine (C=N–C) groups is 1. The van der Waals surface area contributed by atoms with Gasteiger partial charge in [0.25, 0.3) is 0 Å². The molecular weight excluding hydrogens is 279 g/mol. The molecule has 4 heteroatoms. The summed E-state index contributed by atoms with van der Waals surface area (Å²) in [4.78, 5) is 9.01. The van der Waals surface area contributed by atoms with E-state index in [0.717, 1.165) is 29.8 Å². The van der Waals surface area contributed by atoms with Gasteiger partial charge in [-0.25, -0.2) is 9.37 Å². The Morgan fingerprint density at radius 1 is 1.14 bits per heavy atom. The Morgan fingerprint density at radius 2 is 1.86 bits per heavy atom.